The van der Waals surface area contributed by atoms with Crippen molar-refractivity contribution in [3.05, 3.63) is 203 Å². The van der Waals surface area contributed by atoms with Crippen molar-refractivity contribution in [2.45, 2.75) is 156 Å². The molecule has 0 saturated heterocycles. The number of fused-ring (bicyclic) bond motifs is 14. The van der Waals surface area contributed by atoms with Crippen LogP contribution >= 0.6 is 11.3 Å². The summed E-state index contributed by atoms with van der Waals surface area (Å²) in [6, 6.07) is 65.3. The molecule has 0 radical (unpaired) electrons. The standard InChI is InChI=1S/C80H80BN3O2S/c1-75(2,3)47-21-29-51(30-22-47)82(52-31-23-48(24-32-52)76(4,5)6)55-37-38-57-58-42-60-64(46-69(58)87-68(57)41-55)84(54-35-27-50(28-36-54)78(10,11)12)81-71-65(44-59-56-19-17-18-20-66(56)85-73(59)70(60)71)83(53-33-25-49(26-34-53)77(7,8)9)72-61-43-62-63(45-67(61)86-74(72)81)80(15,16)40-39-79(62,13)14/h17-38,41-46H,39-40H2,1-16H3. The highest BCUT2D eigenvalue weighted by atomic mass is 32.1. The highest BCUT2D eigenvalue weighted by Crippen LogP contribution is 2.56. The van der Waals surface area contributed by atoms with Gasteiger partial charge in [-0.25, -0.2) is 0 Å². The predicted molar refractivity (Wildman–Crippen MR) is 375 cm³/mol. The van der Waals surface area contributed by atoms with Crippen molar-refractivity contribution in [3.8, 4) is 11.1 Å². The molecule has 0 bridgehead atoms. The Bertz CT molecular complexity index is 4720. The molecule has 15 rings (SSSR count). The molecule has 436 valence electrons. The highest BCUT2D eigenvalue weighted by molar-refractivity contribution is 7.26. The minimum atomic E-state index is -0.368. The number of hydrogen-bond donors (Lipinski definition) is 0. The van der Waals surface area contributed by atoms with Gasteiger partial charge >= 0.3 is 6.85 Å². The fraction of sp³-hybridized carbons (Fsp3) is 0.300. The van der Waals surface area contributed by atoms with Crippen LogP contribution in [0.1, 0.15) is 157 Å². The van der Waals surface area contributed by atoms with Gasteiger partial charge < -0.3 is 23.4 Å². The third kappa shape index (κ3) is 8.74. The first-order valence-corrected chi connectivity index (χ1v) is 32.4. The molecule has 0 amide bonds. The molecular weight excluding hydrogens is 1080 g/mol. The molecule has 0 saturated carbocycles. The van der Waals surface area contributed by atoms with E-state index < -0.39 is 0 Å². The van der Waals surface area contributed by atoms with E-state index in [1.54, 1.807) is 0 Å². The Labute approximate surface area is 518 Å². The molecule has 3 aliphatic rings. The van der Waals surface area contributed by atoms with Gasteiger partial charge in [0.25, 0.3) is 0 Å². The molecule has 9 aromatic carbocycles. The van der Waals surface area contributed by atoms with Crippen molar-refractivity contribution in [1.82, 2.24) is 0 Å². The smallest absolute Gasteiger partial charge is 0.376 e. The molecular formula is C80H80BN3O2S. The van der Waals surface area contributed by atoms with Crippen LogP contribution in [-0.2, 0) is 32.5 Å². The van der Waals surface area contributed by atoms with Crippen molar-refractivity contribution in [3.63, 3.8) is 0 Å². The summed E-state index contributed by atoms with van der Waals surface area (Å²) in [6.45, 7) is 36.9. The average Bonchev–Trinajstić information content (AvgIpc) is 1.68. The van der Waals surface area contributed by atoms with Crippen LogP contribution < -0.4 is 25.7 Å². The van der Waals surface area contributed by atoms with E-state index in [4.69, 9.17) is 8.83 Å². The lowest BCUT2D eigenvalue weighted by molar-refractivity contribution is 0.332. The molecule has 5 nitrogen and oxygen atoms in total. The van der Waals surface area contributed by atoms with E-state index in [0.717, 1.165) is 108 Å². The van der Waals surface area contributed by atoms with Crippen LogP contribution in [0.5, 0.6) is 0 Å². The predicted octanol–water partition coefficient (Wildman–Crippen LogP) is 22.4. The summed E-state index contributed by atoms with van der Waals surface area (Å²) in [7, 11) is 0. The summed E-state index contributed by atoms with van der Waals surface area (Å²) in [6.07, 6.45) is 2.24. The van der Waals surface area contributed by atoms with E-state index in [1.165, 1.54) is 59.0 Å². The van der Waals surface area contributed by atoms with E-state index in [2.05, 4.69) is 295 Å². The maximum absolute atomic E-state index is 7.79. The number of furan rings is 2. The van der Waals surface area contributed by atoms with E-state index in [0.29, 0.717) is 0 Å². The lowest BCUT2D eigenvalue weighted by Gasteiger charge is -2.44. The zero-order valence-electron chi connectivity index (χ0n) is 53.7. The molecule has 0 fully saturated rings. The van der Waals surface area contributed by atoms with E-state index in [1.807, 2.05) is 11.3 Å². The van der Waals surface area contributed by atoms with Crippen LogP contribution in [0.4, 0.5) is 45.5 Å². The van der Waals surface area contributed by atoms with Gasteiger partial charge in [0.1, 0.15) is 22.4 Å². The number of nitrogens with zero attached hydrogens (tertiary/aromatic N) is 3. The fourth-order valence-electron chi connectivity index (χ4n) is 14.6. The summed E-state index contributed by atoms with van der Waals surface area (Å²) >= 11 is 1.88. The number of thiophene rings is 1. The number of para-hydroxylation sites is 1. The first-order valence-electron chi connectivity index (χ1n) is 31.5. The summed E-state index contributed by atoms with van der Waals surface area (Å²) in [5.41, 5.74) is 24.1. The molecule has 7 heteroatoms. The first kappa shape index (κ1) is 55.6. The molecule has 3 aromatic heterocycles. The normalized spacial score (nSPS) is 15.6. The van der Waals surface area contributed by atoms with Crippen molar-refractivity contribution in [2.75, 3.05) is 14.6 Å². The van der Waals surface area contributed by atoms with Crippen molar-refractivity contribution < 1.29 is 8.83 Å². The molecule has 1 aliphatic carbocycles. The second kappa shape index (κ2) is 18.8. The van der Waals surface area contributed by atoms with Gasteiger partial charge in [-0.15, -0.1) is 11.3 Å². The van der Waals surface area contributed by atoms with Crippen LogP contribution in [0.3, 0.4) is 0 Å². The average molecular weight is 1160 g/mol. The Hall–Kier alpha value is -8.00. The SMILES string of the molecule is CC(C)(C)c1ccc(N2B3c4oc5cc6c(cc5c4N(c4ccc(C(C)(C)C)cc4)c4cc5c(oc7ccccc75)c(c43)-c3cc4c(cc32)sc2cc(N(c3ccc(C(C)(C)C)cc3)c3ccc(C(C)(C)C)cc3)ccc24)C(C)(C)CCC6(C)C)cc1. The summed E-state index contributed by atoms with van der Waals surface area (Å²) in [5, 5.41) is 5.81. The van der Waals surface area contributed by atoms with Gasteiger partial charge in [0.2, 0.25) is 0 Å². The van der Waals surface area contributed by atoms with E-state index in [-0.39, 0.29) is 39.3 Å². The van der Waals surface area contributed by atoms with Gasteiger partial charge in [0.15, 0.2) is 0 Å². The molecule has 0 spiro atoms. The van der Waals surface area contributed by atoms with Gasteiger partial charge in [0.05, 0.1) is 5.69 Å². The largest absolute Gasteiger partial charge is 0.466 e. The van der Waals surface area contributed by atoms with Crippen LogP contribution in [0.2, 0.25) is 0 Å². The first-order chi connectivity index (χ1) is 41.1. The number of benzene rings is 9. The zero-order chi connectivity index (χ0) is 60.8. The Morgan fingerprint density at radius 3 is 1.54 bits per heavy atom. The highest BCUT2D eigenvalue weighted by Gasteiger charge is 2.51. The van der Waals surface area contributed by atoms with Crippen molar-refractivity contribution >= 4 is 128 Å². The number of anilines is 8. The minimum absolute atomic E-state index is 0.00876. The molecule has 12 aromatic rings. The molecule has 0 N–H and O–H groups in total. The minimum Gasteiger partial charge on any atom is -0.466 e. The summed E-state index contributed by atoms with van der Waals surface area (Å²) in [4.78, 5) is 7.61. The Morgan fingerprint density at radius 1 is 0.448 bits per heavy atom. The molecule has 0 atom stereocenters. The van der Waals surface area contributed by atoms with Crippen LogP contribution in [0, 0.1) is 0 Å². The fourth-order valence-corrected chi connectivity index (χ4v) is 15.8. The van der Waals surface area contributed by atoms with E-state index >= 15 is 0 Å². The number of hydrogen-bond acceptors (Lipinski definition) is 6. The molecule has 5 heterocycles. The van der Waals surface area contributed by atoms with E-state index in [9.17, 15) is 0 Å². The molecule has 0 unspecified atom stereocenters. The second-order valence-corrected chi connectivity index (χ2v) is 32.0. The van der Waals surface area contributed by atoms with Crippen molar-refractivity contribution in [1.29, 1.82) is 0 Å². The van der Waals surface area contributed by atoms with Gasteiger partial charge in [-0.1, -0.05) is 184 Å². The van der Waals surface area contributed by atoms with Crippen LogP contribution in [-0.4, -0.2) is 6.85 Å². The Morgan fingerprint density at radius 2 is 0.966 bits per heavy atom. The topological polar surface area (TPSA) is 36.0 Å². The monoisotopic (exact) mass is 1160 g/mol. The third-order valence-corrected chi connectivity index (χ3v) is 21.1. The maximum Gasteiger partial charge on any atom is 0.376 e. The Kier molecular flexibility index (Phi) is 12.0. The van der Waals surface area contributed by atoms with Gasteiger partial charge in [-0.05, 0) is 181 Å². The lowest BCUT2D eigenvalue weighted by Crippen LogP contribution is -2.61. The molecule has 87 heavy (non-hydrogen) atoms. The quantitative estimate of drug-likeness (QED) is 0.161. The lowest BCUT2D eigenvalue weighted by atomic mass is 9.45. The zero-order valence-corrected chi connectivity index (χ0v) is 54.5. The second-order valence-electron chi connectivity index (χ2n) is 30.9. The maximum atomic E-state index is 7.79. The van der Waals surface area contributed by atoms with Gasteiger partial charge in [-0.3, -0.25) is 0 Å². The molecule has 2 aliphatic heterocycles. The van der Waals surface area contributed by atoms with Gasteiger partial charge in [0, 0.05) is 87.3 Å². The Balaban J connectivity index is 1.03. The third-order valence-electron chi connectivity index (χ3n) is 19.9. The summed E-state index contributed by atoms with van der Waals surface area (Å²) < 4.78 is 17.6. The van der Waals surface area contributed by atoms with Crippen LogP contribution in [0.25, 0.3) is 64.2 Å². The number of rotatable bonds is 5. The van der Waals surface area contributed by atoms with Crippen molar-refractivity contribution in [2.24, 2.45) is 0 Å². The summed E-state index contributed by atoms with van der Waals surface area (Å²) in [5.74, 6) is 0. The van der Waals surface area contributed by atoms with Crippen LogP contribution in [0.15, 0.2) is 179 Å². The van der Waals surface area contributed by atoms with Gasteiger partial charge in [-0.2, -0.15) is 0 Å².